The Bertz CT molecular complexity index is 380. The van der Waals surface area contributed by atoms with Gasteiger partial charge in [0, 0.05) is 18.8 Å². The highest BCUT2D eigenvalue weighted by Gasteiger charge is 2.12. The van der Waals surface area contributed by atoms with Crippen molar-refractivity contribution in [1.29, 1.82) is 0 Å². The first-order valence-corrected chi connectivity index (χ1v) is 5.67. The zero-order valence-corrected chi connectivity index (χ0v) is 10.2. The maximum Gasteiger partial charge on any atom is 0.255 e. The summed E-state index contributed by atoms with van der Waals surface area (Å²) in [7, 11) is 0. The van der Waals surface area contributed by atoms with Gasteiger partial charge in [-0.3, -0.25) is 9.78 Å². The molecule has 5 nitrogen and oxygen atoms in total. The predicted octanol–water partition coefficient (Wildman–Crippen LogP) is 0.890. The van der Waals surface area contributed by atoms with Gasteiger partial charge in [0.05, 0.1) is 11.8 Å². The smallest absolute Gasteiger partial charge is 0.255 e. The number of nitrogens with zero attached hydrogens (tertiary/aromatic N) is 1. The lowest BCUT2D eigenvalue weighted by Crippen LogP contribution is -2.38. The number of carbonyl (C=O) groups excluding carboxylic acids is 1. The van der Waals surface area contributed by atoms with Crippen LogP contribution in [-0.2, 0) is 0 Å². The van der Waals surface area contributed by atoms with Crippen LogP contribution in [0.2, 0.25) is 0 Å². The normalized spacial score (nSPS) is 12.5. The largest absolute Gasteiger partial charge is 0.505 e. The van der Waals surface area contributed by atoms with E-state index in [1.807, 2.05) is 0 Å². The molecule has 0 spiro atoms. The Morgan fingerprint density at radius 1 is 1.59 bits per heavy atom. The third-order valence-electron chi connectivity index (χ3n) is 2.34. The molecule has 0 aliphatic carbocycles. The summed E-state index contributed by atoms with van der Waals surface area (Å²) in [6.07, 6.45) is 3.55. The summed E-state index contributed by atoms with van der Waals surface area (Å²) in [5, 5.41) is 12.1. The van der Waals surface area contributed by atoms with Gasteiger partial charge in [-0.05, 0) is 18.4 Å². The average molecular weight is 237 g/mol. The summed E-state index contributed by atoms with van der Waals surface area (Å²) in [6, 6.07) is 1.40. The molecule has 94 valence electrons. The molecule has 1 rings (SSSR count). The lowest BCUT2D eigenvalue weighted by molar-refractivity contribution is 0.0947. The van der Waals surface area contributed by atoms with Crippen LogP contribution >= 0.6 is 0 Å². The maximum absolute atomic E-state index is 11.7. The van der Waals surface area contributed by atoms with Crippen molar-refractivity contribution < 1.29 is 9.90 Å². The second kappa shape index (κ2) is 6.20. The Labute approximate surface area is 101 Å². The van der Waals surface area contributed by atoms with Crippen LogP contribution in [0.5, 0.6) is 5.75 Å². The van der Waals surface area contributed by atoms with Crippen molar-refractivity contribution in [3.05, 3.63) is 24.0 Å². The number of carbonyl (C=O) groups is 1. The highest BCUT2D eigenvalue weighted by Crippen LogP contribution is 2.13. The molecule has 0 saturated heterocycles. The quantitative estimate of drug-likeness (QED) is 0.709. The monoisotopic (exact) mass is 237 g/mol. The molecule has 1 aromatic rings. The van der Waals surface area contributed by atoms with Crippen LogP contribution in [-0.4, -0.2) is 28.6 Å². The molecule has 0 bridgehead atoms. The number of nitrogens with two attached hydrogens (primary N) is 1. The first-order chi connectivity index (χ1) is 8.00. The molecule has 0 aliphatic rings. The SMILES string of the molecule is CC(C)CC(N)CNC(=O)c1ccncc1O. The number of aromatic hydroxyl groups is 1. The number of rotatable bonds is 5. The molecule has 0 radical (unpaired) electrons. The third-order valence-corrected chi connectivity index (χ3v) is 2.34. The second-order valence-electron chi connectivity index (χ2n) is 4.49. The molecule has 5 heteroatoms. The number of pyridine rings is 1. The van der Waals surface area contributed by atoms with Crippen molar-refractivity contribution in [2.45, 2.75) is 26.3 Å². The summed E-state index contributed by atoms with van der Waals surface area (Å²) >= 11 is 0. The van der Waals surface area contributed by atoms with E-state index in [9.17, 15) is 9.90 Å². The molecule has 0 aromatic carbocycles. The molecule has 1 amide bonds. The Hall–Kier alpha value is -1.62. The molecule has 1 aromatic heterocycles. The predicted molar refractivity (Wildman–Crippen MR) is 65.7 cm³/mol. The van der Waals surface area contributed by atoms with Crippen molar-refractivity contribution in [2.75, 3.05) is 6.54 Å². The van der Waals surface area contributed by atoms with Crippen LogP contribution in [0, 0.1) is 5.92 Å². The minimum absolute atomic E-state index is 0.0667. The van der Waals surface area contributed by atoms with E-state index in [0.29, 0.717) is 12.5 Å². The van der Waals surface area contributed by atoms with E-state index >= 15 is 0 Å². The van der Waals surface area contributed by atoms with Crippen LogP contribution < -0.4 is 11.1 Å². The minimum Gasteiger partial charge on any atom is -0.505 e. The van der Waals surface area contributed by atoms with E-state index in [1.54, 1.807) is 0 Å². The Morgan fingerprint density at radius 3 is 2.88 bits per heavy atom. The number of hydrogen-bond acceptors (Lipinski definition) is 4. The maximum atomic E-state index is 11.7. The van der Waals surface area contributed by atoms with Crippen molar-refractivity contribution in [2.24, 2.45) is 11.7 Å². The summed E-state index contributed by atoms with van der Waals surface area (Å²) in [5.74, 6) is 0.0442. The second-order valence-corrected chi connectivity index (χ2v) is 4.49. The number of hydrogen-bond donors (Lipinski definition) is 3. The van der Waals surface area contributed by atoms with Gasteiger partial charge in [0.25, 0.3) is 5.91 Å². The van der Waals surface area contributed by atoms with Gasteiger partial charge in [-0.1, -0.05) is 13.8 Å². The Morgan fingerprint density at radius 2 is 2.29 bits per heavy atom. The van der Waals surface area contributed by atoms with Gasteiger partial charge in [0.1, 0.15) is 5.75 Å². The molecule has 4 N–H and O–H groups in total. The van der Waals surface area contributed by atoms with E-state index in [1.165, 1.54) is 18.5 Å². The molecular weight excluding hydrogens is 218 g/mol. The van der Waals surface area contributed by atoms with Crippen molar-refractivity contribution in [1.82, 2.24) is 10.3 Å². The Balaban J connectivity index is 2.48. The average Bonchev–Trinajstić information content (AvgIpc) is 2.25. The number of amides is 1. The van der Waals surface area contributed by atoms with Gasteiger partial charge < -0.3 is 16.2 Å². The van der Waals surface area contributed by atoms with E-state index < -0.39 is 0 Å². The van der Waals surface area contributed by atoms with Gasteiger partial charge in [-0.15, -0.1) is 0 Å². The minimum atomic E-state index is -0.330. The van der Waals surface area contributed by atoms with Crippen molar-refractivity contribution >= 4 is 5.91 Å². The molecule has 1 heterocycles. The molecule has 0 fully saturated rings. The molecule has 1 unspecified atom stereocenters. The summed E-state index contributed by atoms with van der Waals surface area (Å²) in [5.41, 5.74) is 6.07. The van der Waals surface area contributed by atoms with Crippen LogP contribution in [0.1, 0.15) is 30.6 Å². The molecule has 1 atom stereocenters. The lowest BCUT2D eigenvalue weighted by Gasteiger charge is -2.14. The van der Waals surface area contributed by atoms with Gasteiger partial charge in [-0.25, -0.2) is 0 Å². The van der Waals surface area contributed by atoms with Gasteiger partial charge >= 0.3 is 0 Å². The zero-order chi connectivity index (χ0) is 12.8. The van der Waals surface area contributed by atoms with Crippen LogP contribution in [0.25, 0.3) is 0 Å². The Kier molecular flexibility index (Phi) is 4.90. The first-order valence-electron chi connectivity index (χ1n) is 5.67. The molecule has 0 aliphatic heterocycles. The van der Waals surface area contributed by atoms with E-state index in [-0.39, 0.29) is 23.3 Å². The fourth-order valence-electron chi connectivity index (χ4n) is 1.59. The first kappa shape index (κ1) is 13.4. The van der Waals surface area contributed by atoms with Crippen LogP contribution in [0.3, 0.4) is 0 Å². The standard InChI is InChI=1S/C12H19N3O2/c1-8(2)5-9(13)6-15-12(17)10-3-4-14-7-11(10)16/h3-4,7-9,16H,5-6,13H2,1-2H3,(H,15,17). The van der Waals surface area contributed by atoms with Crippen molar-refractivity contribution in [3.8, 4) is 5.75 Å². The van der Waals surface area contributed by atoms with E-state index in [0.717, 1.165) is 6.42 Å². The van der Waals surface area contributed by atoms with Crippen molar-refractivity contribution in [3.63, 3.8) is 0 Å². The number of aromatic nitrogens is 1. The molecule has 17 heavy (non-hydrogen) atoms. The summed E-state index contributed by atoms with van der Waals surface area (Å²) < 4.78 is 0. The molecular formula is C12H19N3O2. The third kappa shape index (κ3) is 4.40. The van der Waals surface area contributed by atoms with Crippen LogP contribution in [0.15, 0.2) is 18.5 Å². The van der Waals surface area contributed by atoms with Gasteiger partial charge in [0.15, 0.2) is 0 Å². The highest BCUT2D eigenvalue weighted by atomic mass is 16.3. The number of nitrogens with one attached hydrogen (secondary N) is 1. The van der Waals surface area contributed by atoms with Gasteiger partial charge in [-0.2, -0.15) is 0 Å². The fourth-order valence-corrected chi connectivity index (χ4v) is 1.59. The topological polar surface area (TPSA) is 88.2 Å². The fraction of sp³-hybridized carbons (Fsp3) is 0.500. The summed E-state index contributed by atoms with van der Waals surface area (Å²) in [4.78, 5) is 15.4. The molecule has 0 saturated carbocycles. The summed E-state index contributed by atoms with van der Waals surface area (Å²) in [6.45, 7) is 4.56. The van der Waals surface area contributed by atoms with E-state index in [4.69, 9.17) is 5.73 Å². The zero-order valence-electron chi connectivity index (χ0n) is 10.2. The lowest BCUT2D eigenvalue weighted by atomic mass is 10.0. The highest BCUT2D eigenvalue weighted by molar-refractivity contribution is 5.96. The van der Waals surface area contributed by atoms with Crippen LogP contribution in [0.4, 0.5) is 0 Å². The van der Waals surface area contributed by atoms with E-state index in [2.05, 4.69) is 24.1 Å². The van der Waals surface area contributed by atoms with Gasteiger partial charge in [0.2, 0.25) is 0 Å².